The third-order valence-corrected chi connectivity index (χ3v) is 9.81. The van der Waals surface area contributed by atoms with Crippen LogP contribution in [0.25, 0.3) is 100 Å². The molecular weight excluding hydrogens is 649 g/mol. The average Bonchev–Trinajstić information content (AvgIpc) is 3.64. The van der Waals surface area contributed by atoms with Gasteiger partial charge in [0.05, 0.1) is 28.3 Å². The fourth-order valence-electron chi connectivity index (χ4n) is 7.15. The number of rotatable bonds is 6. The summed E-state index contributed by atoms with van der Waals surface area (Å²) in [4.78, 5) is 19.3. The van der Waals surface area contributed by atoms with Gasteiger partial charge in [0.15, 0.2) is 5.58 Å². The van der Waals surface area contributed by atoms with E-state index in [-0.39, 0.29) is 0 Å². The molecule has 0 saturated carbocycles. The van der Waals surface area contributed by atoms with Gasteiger partial charge in [-0.1, -0.05) is 115 Å². The molecule has 0 unspecified atom stereocenters. The first kappa shape index (κ1) is 30.6. The minimum atomic E-state index is 0.800. The molecule has 0 aliphatic heterocycles. The van der Waals surface area contributed by atoms with Gasteiger partial charge in [-0.05, 0) is 88.0 Å². The molecule has 53 heavy (non-hydrogen) atoms. The lowest BCUT2D eigenvalue weighted by atomic mass is 9.97. The highest BCUT2D eigenvalue weighted by Crippen LogP contribution is 2.41. The number of pyridine rings is 4. The van der Waals surface area contributed by atoms with Gasteiger partial charge >= 0.3 is 0 Å². The van der Waals surface area contributed by atoms with Crippen LogP contribution in [0.5, 0.6) is 0 Å². The van der Waals surface area contributed by atoms with Crippen molar-refractivity contribution >= 4 is 32.8 Å². The SMILES string of the molecule is c1ccc(-c2ccc3nc(-c4ccc(-c5ccc(-c6cc(-c7ccccn7)nc(-c7ccccn7)c6)cc5)cc4)c4oc5ccccc5c4c3c2)cc1. The van der Waals surface area contributed by atoms with Gasteiger partial charge in [-0.3, -0.25) is 9.97 Å². The van der Waals surface area contributed by atoms with Gasteiger partial charge in [0, 0.05) is 34.1 Å². The third-order valence-electron chi connectivity index (χ3n) is 9.81. The highest BCUT2D eigenvalue weighted by molar-refractivity contribution is 6.21. The molecular formula is C48H30N4O. The second-order valence-electron chi connectivity index (χ2n) is 13.1. The monoisotopic (exact) mass is 678 g/mol. The lowest BCUT2D eigenvalue weighted by Gasteiger charge is -2.11. The minimum absolute atomic E-state index is 0.800. The Morgan fingerprint density at radius 1 is 0.358 bits per heavy atom. The Kier molecular flexibility index (Phi) is 7.40. The van der Waals surface area contributed by atoms with E-state index in [1.165, 1.54) is 5.56 Å². The van der Waals surface area contributed by atoms with E-state index in [1.807, 2.05) is 54.6 Å². The molecule has 0 bridgehead atoms. The number of furan rings is 1. The zero-order valence-corrected chi connectivity index (χ0v) is 28.5. The van der Waals surface area contributed by atoms with Gasteiger partial charge in [-0.15, -0.1) is 0 Å². The maximum Gasteiger partial charge on any atom is 0.162 e. The van der Waals surface area contributed by atoms with E-state index in [0.717, 1.165) is 94.7 Å². The molecule has 0 aliphatic carbocycles. The number of benzene rings is 5. The molecule has 0 atom stereocenters. The molecule has 0 spiro atoms. The number of nitrogens with zero attached hydrogens (tertiary/aromatic N) is 4. The first-order chi connectivity index (χ1) is 26.2. The van der Waals surface area contributed by atoms with E-state index in [1.54, 1.807) is 12.4 Å². The zero-order valence-electron chi connectivity index (χ0n) is 28.5. The summed E-state index contributed by atoms with van der Waals surface area (Å²) in [5.41, 5.74) is 14.4. The lowest BCUT2D eigenvalue weighted by Crippen LogP contribution is -1.94. The topological polar surface area (TPSA) is 64.7 Å². The van der Waals surface area contributed by atoms with E-state index >= 15 is 0 Å². The molecule has 0 fully saturated rings. The van der Waals surface area contributed by atoms with Crippen LogP contribution in [0.2, 0.25) is 0 Å². The van der Waals surface area contributed by atoms with E-state index in [4.69, 9.17) is 14.4 Å². The van der Waals surface area contributed by atoms with Gasteiger partial charge in [0.2, 0.25) is 0 Å². The first-order valence-corrected chi connectivity index (χ1v) is 17.6. The second kappa shape index (κ2) is 12.8. The van der Waals surface area contributed by atoms with Crippen molar-refractivity contribution in [1.29, 1.82) is 0 Å². The quantitative estimate of drug-likeness (QED) is 0.175. The van der Waals surface area contributed by atoms with Crippen molar-refractivity contribution in [2.45, 2.75) is 0 Å². The van der Waals surface area contributed by atoms with Crippen LogP contribution in [0.4, 0.5) is 0 Å². The molecule has 0 aliphatic rings. The highest BCUT2D eigenvalue weighted by atomic mass is 16.3. The van der Waals surface area contributed by atoms with Crippen molar-refractivity contribution in [1.82, 2.24) is 19.9 Å². The highest BCUT2D eigenvalue weighted by Gasteiger charge is 2.18. The molecule has 0 saturated heterocycles. The van der Waals surface area contributed by atoms with Crippen molar-refractivity contribution in [2.75, 3.05) is 0 Å². The third kappa shape index (κ3) is 5.61. The maximum atomic E-state index is 6.56. The summed E-state index contributed by atoms with van der Waals surface area (Å²) in [7, 11) is 0. The standard InChI is InChI=1S/C48H30N4O/c1-2-10-31(11-3-1)36-24-25-40-39(28-36)46-38-12-4-5-15-45(38)53-48(46)47(52-40)35-22-20-33(21-23-35)32-16-18-34(19-17-32)37-29-43(41-13-6-8-26-49-41)51-44(30-37)42-14-7-9-27-50-42/h1-30H. The van der Waals surface area contributed by atoms with Crippen LogP contribution in [0.1, 0.15) is 0 Å². The van der Waals surface area contributed by atoms with Crippen molar-refractivity contribution < 1.29 is 4.42 Å². The average molecular weight is 679 g/mol. The van der Waals surface area contributed by atoms with Gasteiger partial charge in [0.25, 0.3) is 0 Å². The Morgan fingerprint density at radius 3 is 1.55 bits per heavy atom. The molecule has 0 N–H and O–H groups in total. The fraction of sp³-hybridized carbons (Fsp3) is 0. The van der Waals surface area contributed by atoms with E-state index < -0.39 is 0 Å². The number of hydrogen-bond acceptors (Lipinski definition) is 5. The molecule has 5 heteroatoms. The largest absolute Gasteiger partial charge is 0.454 e. The Balaban J connectivity index is 1.01. The lowest BCUT2D eigenvalue weighted by molar-refractivity contribution is 0.669. The molecule has 10 aromatic rings. The van der Waals surface area contributed by atoms with Crippen LogP contribution in [0.15, 0.2) is 187 Å². The van der Waals surface area contributed by atoms with Gasteiger partial charge < -0.3 is 4.42 Å². The summed E-state index contributed by atoms with van der Waals surface area (Å²) in [5.74, 6) is 0. The predicted molar refractivity (Wildman–Crippen MR) is 215 cm³/mol. The van der Waals surface area contributed by atoms with Crippen LogP contribution in [0, 0.1) is 0 Å². The van der Waals surface area contributed by atoms with Crippen molar-refractivity contribution in [3.8, 4) is 67.4 Å². The number of para-hydroxylation sites is 1. The number of aromatic nitrogens is 4. The van der Waals surface area contributed by atoms with Crippen LogP contribution in [0.3, 0.4) is 0 Å². The number of hydrogen-bond donors (Lipinski definition) is 0. The summed E-state index contributed by atoms with van der Waals surface area (Å²) >= 11 is 0. The zero-order chi connectivity index (χ0) is 35.1. The summed E-state index contributed by atoms with van der Waals surface area (Å²) in [5, 5.41) is 3.26. The van der Waals surface area contributed by atoms with Crippen molar-refractivity contribution in [3.63, 3.8) is 0 Å². The molecule has 10 rings (SSSR count). The fourth-order valence-corrected chi connectivity index (χ4v) is 7.15. The first-order valence-electron chi connectivity index (χ1n) is 17.6. The molecule has 5 aromatic heterocycles. The molecule has 5 heterocycles. The predicted octanol–water partition coefficient (Wildman–Crippen LogP) is 12.3. The van der Waals surface area contributed by atoms with Crippen molar-refractivity contribution in [3.05, 3.63) is 182 Å². The number of fused-ring (bicyclic) bond motifs is 5. The summed E-state index contributed by atoms with van der Waals surface area (Å²) in [6, 6.07) is 58.4. The molecule has 0 amide bonds. The minimum Gasteiger partial charge on any atom is -0.454 e. The normalized spacial score (nSPS) is 11.4. The molecule has 248 valence electrons. The Bertz CT molecular complexity index is 2850. The molecule has 5 aromatic carbocycles. The smallest absolute Gasteiger partial charge is 0.162 e. The van der Waals surface area contributed by atoms with E-state index in [0.29, 0.717) is 0 Å². The maximum absolute atomic E-state index is 6.56. The second-order valence-corrected chi connectivity index (χ2v) is 13.1. The van der Waals surface area contributed by atoms with Gasteiger partial charge in [-0.25, -0.2) is 9.97 Å². The van der Waals surface area contributed by atoms with Crippen LogP contribution in [-0.2, 0) is 0 Å². The molecule has 5 nitrogen and oxygen atoms in total. The van der Waals surface area contributed by atoms with Crippen LogP contribution >= 0.6 is 0 Å². The Hall–Kier alpha value is -7.24. The van der Waals surface area contributed by atoms with E-state index in [2.05, 4.69) is 125 Å². The van der Waals surface area contributed by atoms with Gasteiger partial charge in [-0.2, -0.15) is 0 Å². The summed E-state index contributed by atoms with van der Waals surface area (Å²) < 4.78 is 6.56. The van der Waals surface area contributed by atoms with E-state index in [9.17, 15) is 0 Å². The Labute approximate surface area is 305 Å². The molecule has 0 radical (unpaired) electrons. The van der Waals surface area contributed by atoms with Gasteiger partial charge in [0.1, 0.15) is 11.3 Å². The summed E-state index contributed by atoms with van der Waals surface area (Å²) in [6.07, 6.45) is 3.59. The van der Waals surface area contributed by atoms with Crippen LogP contribution in [-0.4, -0.2) is 19.9 Å². The Morgan fingerprint density at radius 2 is 0.906 bits per heavy atom. The summed E-state index contributed by atoms with van der Waals surface area (Å²) in [6.45, 7) is 0. The van der Waals surface area contributed by atoms with Crippen LogP contribution < -0.4 is 0 Å². The van der Waals surface area contributed by atoms with Crippen molar-refractivity contribution in [2.24, 2.45) is 0 Å².